The molecular weight excluding hydrogens is 178 g/mol. The van der Waals surface area contributed by atoms with Gasteiger partial charge in [0.25, 0.3) is 5.69 Å². The van der Waals surface area contributed by atoms with Crippen molar-refractivity contribution in [3.05, 3.63) is 52.1 Å². The first-order valence-electron chi connectivity index (χ1n) is 4.43. The zero-order valence-electron chi connectivity index (χ0n) is 8.36. The highest BCUT2D eigenvalue weighted by atomic mass is 16.6. The predicted molar refractivity (Wildman–Crippen MR) is 56.4 cm³/mol. The molecule has 0 aliphatic rings. The van der Waals surface area contributed by atoms with E-state index < -0.39 is 0 Å². The summed E-state index contributed by atoms with van der Waals surface area (Å²) in [5, 5.41) is 10.6. The van der Waals surface area contributed by atoms with Crippen LogP contribution >= 0.6 is 0 Å². The topological polar surface area (TPSA) is 43.1 Å². The van der Waals surface area contributed by atoms with Crippen molar-refractivity contribution in [2.45, 2.75) is 19.8 Å². The van der Waals surface area contributed by atoms with Crippen LogP contribution in [0.15, 0.2) is 30.9 Å². The van der Waals surface area contributed by atoms with E-state index in [0.717, 1.165) is 11.1 Å². The molecule has 0 saturated carbocycles. The first-order chi connectivity index (χ1) is 6.54. The van der Waals surface area contributed by atoms with Crippen LogP contribution in [-0.4, -0.2) is 4.92 Å². The van der Waals surface area contributed by atoms with Crippen LogP contribution in [0.4, 0.5) is 5.69 Å². The van der Waals surface area contributed by atoms with Crippen molar-refractivity contribution in [3.63, 3.8) is 0 Å². The summed E-state index contributed by atoms with van der Waals surface area (Å²) < 4.78 is 0. The molecule has 0 aliphatic heterocycles. The fraction of sp³-hybridized carbons (Fsp3) is 0.273. The Morgan fingerprint density at radius 2 is 2.14 bits per heavy atom. The molecule has 1 rings (SSSR count). The maximum atomic E-state index is 10.6. The van der Waals surface area contributed by atoms with Gasteiger partial charge in [-0.1, -0.05) is 19.1 Å². The van der Waals surface area contributed by atoms with Gasteiger partial charge in [-0.3, -0.25) is 10.1 Å². The zero-order chi connectivity index (χ0) is 10.7. The minimum absolute atomic E-state index is 0.147. The van der Waals surface area contributed by atoms with Gasteiger partial charge in [0.05, 0.1) is 4.92 Å². The number of nitrogens with zero attached hydrogens (tertiary/aromatic N) is 1. The summed E-state index contributed by atoms with van der Waals surface area (Å²) in [6.45, 7) is 7.49. The number of rotatable bonds is 3. The van der Waals surface area contributed by atoms with Crippen LogP contribution in [-0.2, 0) is 0 Å². The van der Waals surface area contributed by atoms with Crippen molar-refractivity contribution in [2.24, 2.45) is 0 Å². The molecular formula is C11H13NO2. The molecule has 0 fully saturated rings. The number of hydrogen-bond donors (Lipinski definition) is 0. The van der Waals surface area contributed by atoms with E-state index in [1.807, 2.05) is 19.9 Å². The van der Waals surface area contributed by atoms with Crippen LogP contribution in [0.3, 0.4) is 0 Å². The van der Waals surface area contributed by atoms with Gasteiger partial charge in [0.15, 0.2) is 0 Å². The lowest BCUT2D eigenvalue weighted by Crippen LogP contribution is -1.94. The fourth-order valence-corrected chi connectivity index (χ4v) is 1.30. The summed E-state index contributed by atoms with van der Waals surface area (Å²) in [4.78, 5) is 10.2. The molecule has 0 aromatic heterocycles. The molecule has 3 heteroatoms. The average Bonchev–Trinajstić information content (AvgIpc) is 2.15. The molecule has 0 aliphatic carbocycles. The van der Waals surface area contributed by atoms with E-state index in [9.17, 15) is 10.1 Å². The molecule has 1 aromatic rings. The smallest absolute Gasteiger partial charge is 0.258 e. The van der Waals surface area contributed by atoms with E-state index in [4.69, 9.17) is 0 Å². The van der Waals surface area contributed by atoms with Gasteiger partial charge in [-0.05, 0) is 24.0 Å². The Hall–Kier alpha value is -1.64. The maximum Gasteiger partial charge on any atom is 0.269 e. The number of nitro benzene ring substituents is 1. The van der Waals surface area contributed by atoms with Crippen LogP contribution in [0.25, 0.3) is 0 Å². The molecule has 0 bridgehead atoms. The van der Waals surface area contributed by atoms with Crippen molar-refractivity contribution in [3.8, 4) is 0 Å². The first kappa shape index (κ1) is 10.4. The van der Waals surface area contributed by atoms with Crippen LogP contribution in [0.2, 0.25) is 0 Å². The van der Waals surface area contributed by atoms with Gasteiger partial charge in [0.1, 0.15) is 0 Å². The van der Waals surface area contributed by atoms with Crippen molar-refractivity contribution in [1.82, 2.24) is 0 Å². The molecule has 0 spiro atoms. The Bertz CT molecular complexity index is 372. The van der Waals surface area contributed by atoms with Crippen LogP contribution in [0.1, 0.15) is 24.0 Å². The quantitative estimate of drug-likeness (QED) is 0.418. The molecule has 14 heavy (non-hydrogen) atoms. The third kappa shape index (κ3) is 2.19. The Morgan fingerprint density at radius 3 is 2.64 bits per heavy atom. The lowest BCUT2D eigenvalue weighted by Gasteiger charge is -2.06. The molecule has 0 amide bonds. The van der Waals surface area contributed by atoms with Crippen LogP contribution in [0.5, 0.6) is 0 Å². The van der Waals surface area contributed by atoms with Gasteiger partial charge < -0.3 is 0 Å². The van der Waals surface area contributed by atoms with E-state index >= 15 is 0 Å². The third-order valence-electron chi connectivity index (χ3n) is 2.17. The van der Waals surface area contributed by atoms with E-state index in [0.29, 0.717) is 0 Å². The third-order valence-corrected chi connectivity index (χ3v) is 2.17. The summed E-state index contributed by atoms with van der Waals surface area (Å²) in [6.07, 6.45) is 1.78. The minimum atomic E-state index is -0.369. The van der Waals surface area contributed by atoms with Crippen molar-refractivity contribution < 1.29 is 4.92 Å². The average molecular weight is 191 g/mol. The van der Waals surface area contributed by atoms with Crippen molar-refractivity contribution in [1.29, 1.82) is 0 Å². The van der Waals surface area contributed by atoms with E-state index in [2.05, 4.69) is 6.58 Å². The van der Waals surface area contributed by atoms with Crippen LogP contribution < -0.4 is 0 Å². The highest BCUT2D eigenvalue weighted by Crippen LogP contribution is 2.23. The summed E-state index contributed by atoms with van der Waals surface area (Å²) in [7, 11) is 0. The lowest BCUT2D eigenvalue weighted by atomic mass is 9.99. The first-order valence-corrected chi connectivity index (χ1v) is 4.43. The Kier molecular flexibility index (Phi) is 3.02. The molecule has 0 saturated heterocycles. The number of hydrogen-bond acceptors (Lipinski definition) is 2. The summed E-state index contributed by atoms with van der Waals surface area (Å²) in [5.74, 6) is 0.147. The highest BCUT2D eigenvalue weighted by Gasteiger charge is 2.10. The fourth-order valence-electron chi connectivity index (χ4n) is 1.30. The Morgan fingerprint density at radius 1 is 1.50 bits per heavy atom. The molecule has 1 aromatic carbocycles. The van der Waals surface area contributed by atoms with Gasteiger partial charge in [-0.2, -0.15) is 0 Å². The van der Waals surface area contributed by atoms with Crippen LogP contribution in [0, 0.1) is 17.0 Å². The van der Waals surface area contributed by atoms with E-state index in [-0.39, 0.29) is 16.5 Å². The van der Waals surface area contributed by atoms with E-state index in [1.165, 1.54) is 0 Å². The summed E-state index contributed by atoms with van der Waals surface area (Å²) in [5.41, 5.74) is 1.99. The maximum absolute atomic E-state index is 10.6. The summed E-state index contributed by atoms with van der Waals surface area (Å²) in [6, 6.07) is 5.11. The predicted octanol–water partition coefficient (Wildman–Crippen LogP) is 3.19. The number of allylic oxidation sites excluding steroid dienone is 1. The molecule has 0 heterocycles. The van der Waals surface area contributed by atoms with Gasteiger partial charge in [0.2, 0.25) is 0 Å². The Balaban J connectivity index is 3.19. The SMILES string of the molecule is C=CC(C)c1cc(C)cc([N+](=O)[O-])c1. The number of non-ortho nitro benzene ring substituents is 1. The standard InChI is InChI=1S/C11H13NO2/c1-4-9(3)10-5-8(2)6-11(7-10)12(13)14/h4-7,9H,1H2,2-3H3. The molecule has 1 atom stereocenters. The van der Waals surface area contributed by atoms with Gasteiger partial charge >= 0.3 is 0 Å². The normalized spacial score (nSPS) is 12.1. The van der Waals surface area contributed by atoms with Crippen molar-refractivity contribution >= 4 is 5.69 Å². The molecule has 74 valence electrons. The zero-order valence-corrected chi connectivity index (χ0v) is 8.36. The second-order valence-corrected chi connectivity index (χ2v) is 3.38. The number of aryl methyl sites for hydroxylation is 1. The lowest BCUT2D eigenvalue weighted by molar-refractivity contribution is -0.385. The molecule has 1 unspecified atom stereocenters. The van der Waals surface area contributed by atoms with Crippen molar-refractivity contribution in [2.75, 3.05) is 0 Å². The minimum Gasteiger partial charge on any atom is -0.258 e. The van der Waals surface area contributed by atoms with Gasteiger partial charge in [-0.15, -0.1) is 6.58 Å². The second-order valence-electron chi connectivity index (χ2n) is 3.38. The highest BCUT2D eigenvalue weighted by molar-refractivity contribution is 5.41. The Labute approximate surface area is 83.2 Å². The molecule has 0 radical (unpaired) electrons. The van der Waals surface area contributed by atoms with Gasteiger partial charge in [0, 0.05) is 12.1 Å². The second kappa shape index (κ2) is 4.05. The van der Waals surface area contributed by atoms with Gasteiger partial charge in [-0.25, -0.2) is 0 Å². The largest absolute Gasteiger partial charge is 0.269 e. The molecule has 3 nitrogen and oxygen atoms in total. The monoisotopic (exact) mass is 191 g/mol. The molecule has 0 N–H and O–H groups in total. The number of benzene rings is 1. The van der Waals surface area contributed by atoms with E-state index in [1.54, 1.807) is 18.2 Å². The summed E-state index contributed by atoms with van der Waals surface area (Å²) >= 11 is 0. The number of nitro groups is 1.